The van der Waals surface area contributed by atoms with Crippen LogP contribution in [0.3, 0.4) is 0 Å². The molecule has 122 valence electrons. The van der Waals surface area contributed by atoms with Gasteiger partial charge in [0, 0.05) is 30.2 Å². The van der Waals surface area contributed by atoms with Crippen LogP contribution in [0.25, 0.3) is 5.52 Å². The van der Waals surface area contributed by atoms with Crippen LogP contribution in [-0.2, 0) is 6.54 Å². The van der Waals surface area contributed by atoms with Gasteiger partial charge in [0.2, 0.25) is 0 Å². The Balaban J connectivity index is 1.48. The normalized spacial score (nSPS) is 16.5. The summed E-state index contributed by atoms with van der Waals surface area (Å²) in [5, 5.41) is 16.7. The van der Waals surface area contributed by atoms with Crippen LogP contribution < -0.4 is 0 Å². The molecule has 0 bridgehead atoms. The first-order chi connectivity index (χ1) is 11.8. The van der Waals surface area contributed by atoms with Crippen molar-refractivity contribution in [3.05, 3.63) is 59.2 Å². The van der Waals surface area contributed by atoms with E-state index in [1.165, 1.54) is 11.3 Å². The number of hydrogen-bond acceptors (Lipinski definition) is 3. The highest BCUT2D eigenvalue weighted by atomic mass is 15.1. The van der Waals surface area contributed by atoms with E-state index in [0.29, 0.717) is 5.92 Å². The fourth-order valence-electron chi connectivity index (χ4n) is 3.84. The second-order valence-electron chi connectivity index (χ2n) is 6.64. The average Bonchev–Trinajstić information content (AvgIpc) is 3.18. The van der Waals surface area contributed by atoms with E-state index < -0.39 is 0 Å². The number of H-pyrrole nitrogens is 1. The summed E-state index contributed by atoms with van der Waals surface area (Å²) in [6, 6.07) is 8.38. The Morgan fingerprint density at radius 1 is 1.33 bits per heavy atom. The Hall–Kier alpha value is -2.58. The summed E-state index contributed by atoms with van der Waals surface area (Å²) in [6.45, 7) is 5.07. The maximum absolute atomic E-state index is 9.54. The number of aromatic amines is 1. The minimum Gasteiger partial charge on any atom is -0.322 e. The lowest BCUT2D eigenvalue weighted by molar-refractivity contribution is 0.204. The van der Waals surface area contributed by atoms with Crippen LogP contribution in [0.4, 0.5) is 0 Å². The van der Waals surface area contributed by atoms with Crippen molar-refractivity contribution >= 4 is 5.52 Å². The van der Waals surface area contributed by atoms with Crippen molar-refractivity contribution in [2.24, 2.45) is 0 Å². The molecule has 0 atom stereocenters. The molecule has 0 radical (unpaired) electrons. The Morgan fingerprint density at radius 2 is 2.17 bits per heavy atom. The molecule has 5 heteroatoms. The van der Waals surface area contributed by atoms with Gasteiger partial charge in [0.1, 0.15) is 6.07 Å². The van der Waals surface area contributed by atoms with Crippen molar-refractivity contribution < 1.29 is 0 Å². The maximum atomic E-state index is 9.54. The lowest BCUT2D eigenvalue weighted by Gasteiger charge is -2.31. The molecule has 0 unspecified atom stereocenters. The highest BCUT2D eigenvalue weighted by Gasteiger charge is 2.23. The Labute approximate surface area is 141 Å². The zero-order valence-electron chi connectivity index (χ0n) is 13.9. The Morgan fingerprint density at radius 3 is 2.88 bits per heavy atom. The second kappa shape index (κ2) is 6.14. The molecular weight excluding hydrogens is 298 g/mol. The van der Waals surface area contributed by atoms with E-state index in [1.54, 1.807) is 0 Å². The number of aromatic nitrogens is 3. The number of nitrogens with zero attached hydrogens (tertiary/aromatic N) is 4. The van der Waals surface area contributed by atoms with Gasteiger partial charge in [-0.1, -0.05) is 6.07 Å². The largest absolute Gasteiger partial charge is 0.322 e. The van der Waals surface area contributed by atoms with E-state index in [4.69, 9.17) is 0 Å². The van der Waals surface area contributed by atoms with Gasteiger partial charge in [-0.15, -0.1) is 0 Å². The molecule has 1 N–H and O–H groups in total. The van der Waals surface area contributed by atoms with Crippen molar-refractivity contribution in [1.29, 1.82) is 5.26 Å². The average molecular weight is 319 g/mol. The molecule has 1 aliphatic rings. The van der Waals surface area contributed by atoms with E-state index in [-0.39, 0.29) is 0 Å². The number of hydrogen-bond donors (Lipinski definition) is 1. The molecule has 1 fully saturated rings. The Kier molecular flexibility index (Phi) is 3.83. The van der Waals surface area contributed by atoms with E-state index in [0.717, 1.165) is 49.1 Å². The molecule has 5 nitrogen and oxygen atoms in total. The third-order valence-electron chi connectivity index (χ3n) is 5.16. The number of fused-ring (bicyclic) bond motifs is 1. The zero-order valence-corrected chi connectivity index (χ0v) is 13.9. The highest BCUT2D eigenvalue weighted by Crippen LogP contribution is 2.30. The van der Waals surface area contributed by atoms with E-state index in [1.807, 2.05) is 30.6 Å². The third-order valence-corrected chi connectivity index (χ3v) is 5.16. The predicted octanol–water partition coefficient (Wildman–Crippen LogP) is 3.22. The van der Waals surface area contributed by atoms with E-state index in [9.17, 15) is 5.26 Å². The van der Waals surface area contributed by atoms with Crippen molar-refractivity contribution in [3.8, 4) is 6.07 Å². The van der Waals surface area contributed by atoms with Crippen LogP contribution in [0.2, 0.25) is 0 Å². The molecule has 0 amide bonds. The molecule has 0 saturated carbocycles. The minimum absolute atomic E-state index is 0.601. The van der Waals surface area contributed by atoms with Gasteiger partial charge in [0.05, 0.1) is 17.3 Å². The van der Waals surface area contributed by atoms with Crippen LogP contribution in [0.15, 0.2) is 36.8 Å². The monoisotopic (exact) mass is 319 g/mol. The van der Waals surface area contributed by atoms with Crippen LogP contribution in [0, 0.1) is 18.3 Å². The molecule has 4 rings (SSSR count). The zero-order chi connectivity index (χ0) is 16.5. The quantitative estimate of drug-likeness (QED) is 0.806. The molecule has 0 aliphatic carbocycles. The summed E-state index contributed by atoms with van der Waals surface area (Å²) in [5.41, 5.74) is 5.49. The van der Waals surface area contributed by atoms with Gasteiger partial charge in [0.25, 0.3) is 0 Å². The Bertz CT molecular complexity index is 890. The molecule has 1 saturated heterocycles. The number of nitriles is 1. The highest BCUT2D eigenvalue weighted by molar-refractivity contribution is 5.65. The lowest BCUT2D eigenvalue weighted by Crippen LogP contribution is -2.32. The molecule has 0 spiro atoms. The van der Waals surface area contributed by atoms with Gasteiger partial charge < -0.3 is 4.40 Å². The number of nitrogens with one attached hydrogen (secondary N) is 1. The molecular formula is C19H21N5. The first-order valence-corrected chi connectivity index (χ1v) is 8.47. The summed E-state index contributed by atoms with van der Waals surface area (Å²) in [5.74, 6) is 0.601. The molecule has 3 aromatic rings. The first-order valence-electron chi connectivity index (χ1n) is 8.47. The number of rotatable bonds is 3. The van der Waals surface area contributed by atoms with Crippen molar-refractivity contribution in [2.45, 2.75) is 32.2 Å². The fourth-order valence-corrected chi connectivity index (χ4v) is 3.84. The van der Waals surface area contributed by atoms with Gasteiger partial charge in [0.15, 0.2) is 0 Å². The summed E-state index contributed by atoms with van der Waals surface area (Å²) in [4.78, 5) is 2.46. The third kappa shape index (κ3) is 2.59. The van der Waals surface area contributed by atoms with E-state index in [2.05, 4.69) is 38.7 Å². The van der Waals surface area contributed by atoms with Gasteiger partial charge in [-0.05, 0) is 56.5 Å². The lowest BCUT2D eigenvalue weighted by atomic mass is 9.90. The molecule has 1 aliphatic heterocycles. The first kappa shape index (κ1) is 15.0. The van der Waals surface area contributed by atoms with Gasteiger partial charge >= 0.3 is 0 Å². The topological polar surface area (TPSA) is 60.1 Å². The molecule has 3 aromatic heterocycles. The maximum Gasteiger partial charge on any atom is 0.102 e. The van der Waals surface area contributed by atoms with Crippen LogP contribution in [-0.4, -0.2) is 32.6 Å². The molecule has 4 heterocycles. The molecule has 0 aromatic carbocycles. The van der Waals surface area contributed by atoms with Crippen molar-refractivity contribution in [1.82, 2.24) is 19.5 Å². The standard InChI is InChI=1S/C19H21N5/c1-14-18(11-21-22-14)15-5-8-23(9-6-15)12-16-13-24-7-3-2-4-19(24)17(16)10-20/h2-4,7,11,13,15H,5-6,8-9,12H2,1H3,(H,21,22). The summed E-state index contributed by atoms with van der Waals surface area (Å²) in [6.07, 6.45) is 8.38. The molecule has 24 heavy (non-hydrogen) atoms. The van der Waals surface area contributed by atoms with Crippen LogP contribution in [0.1, 0.15) is 41.1 Å². The number of pyridine rings is 1. The van der Waals surface area contributed by atoms with Crippen LogP contribution >= 0.6 is 0 Å². The smallest absolute Gasteiger partial charge is 0.102 e. The van der Waals surface area contributed by atoms with Gasteiger partial charge in [-0.2, -0.15) is 10.4 Å². The summed E-state index contributed by atoms with van der Waals surface area (Å²) in [7, 11) is 0. The number of likely N-dealkylation sites (tertiary alicyclic amines) is 1. The SMILES string of the molecule is Cc1[nH]ncc1C1CCN(Cc2cn3ccccc3c2C#N)CC1. The summed E-state index contributed by atoms with van der Waals surface area (Å²) < 4.78 is 2.05. The second-order valence-corrected chi connectivity index (χ2v) is 6.64. The fraction of sp³-hybridized carbons (Fsp3) is 0.368. The van der Waals surface area contributed by atoms with Crippen LogP contribution in [0.5, 0.6) is 0 Å². The van der Waals surface area contributed by atoms with Crippen molar-refractivity contribution in [3.63, 3.8) is 0 Å². The number of piperidine rings is 1. The summed E-state index contributed by atoms with van der Waals surface area (Å²) >= 11 is 0. The predicted molar refractivity (Wildman–Crippen MR) is 92.7 cm³/mol. The van der Waals surface area contributed by atoms with E-state index >= 15 is 0 Å². The van der Waals surface area contributed by atoms with Gasteiger partial charge in [-0.25, -0.2) is 0 Å². The van der Waals surface area contributed by atoms with Crippen molar-refractivity contribution in [2.75, 3.05) is 13.1 Å². The number of aryl methyl sites for hydroxylation is 1. The van der Waals surface area contributed by atoms with Gasteiger partial charge in [-0.3, -0.25) is 10.00 Å². The minimum atomic E-state index is 0.601.